The maximum Gasteiger partial charge on any atom is 0.248 e. The van der Waals surface area contributed by atoms with Crippen molar-refractivity contribution >= 4 is 5.91 Å². The molecule has 0 saturated carbocycles. The second kappa shape index (κ2) is 6.57. The van der Waals surface area contributed by atoms with Gasteiger partial charge in [-0.3, -0.25) is 4.79 Å². The van der Waals surface area contributed by atoms with Gasteiger partial charge in [-0.05, 0) is 43.1 Å². The standard InChI is InChI=1S/C15H22N2O2/c1-2-3-4-7-17-13-9-12-8-11(15(16)18)5-6-14(12)19-10-13/h5-6,8,13,17H,2-4,7,9-10H2,1H3,(H2,16,18)/t13-/m0/s1. The molecule has 1 aromatic carbocycles. The van der Waals surface area contributed by atoms with Gasteiger partial charge in [-0.25, -0.2) is 0 Å². The van der Waals surface area contributed by atoms with Crippen molar-refractivity contribution in [3.05, 3.63) is 29.3 Å². The summed E-state index contributed by atoms with van der Waals surface area (Å²) in [5.74, 6) is 0.484. The molecule has 104 valence electrons. The summed E-state index contributed by atoms with van der Waals surface area (Å²) in [5.41, 5.74) is 6.91. The molecular weight excluding hydrogens is 240 g/mol. The van der Waals surface area contributed by atoms with Crippen LogP contribution in [0.25, 0.3) is 0 Å². The summed E-state index contributed by atoms with van der Waals surface area (Å²) >= 11 is 0. The van der Waals surface area contributed by atoms with E-state index < -0.39 is 0 Å². The summed E-state index contributed by atoms with van der Waals surface area (Å²) in [5, 5.41) is 3.50. The molecule has 1 aliphatic heterocycles. The maximum atomic E-state index is 11.2. The zero-order valence-corrected chi connectivity index (χ0v) is 11.4. The summed E-state index contributed by atoms with van der Waals surface area (Å²) in [6.45, 7) is 3.91. The van der Waals surface area contributed by atoms with Crippen molar-refractivity contribution in [2.24, 2.45) is 5.73 Å². The Hall–Kier alpha value is -1.55. The fourth-order valence-corrected chi connectivity index (χ4v) is 2.36. The van der Waals surface area contributed by atoms with Gasteiger partial charge < -0.3 is 15.8 Å². The fraction of sp³-hybridized carbons (Fsp3) is 0.533. The van der Waals surface area contributed by atoms with E-state index in [1.54, 1.807) is 6.07 Å². The zero-order valence-electron chi connectivity index (χ0n) is 11.4. The van der Waals surface area contributed by atoms with Crippen molar-refractivity contribution in [3.63, 3.8) is 0 Å². The molecule has 1 amide bonds. The highest BCUT2D eigenvalue weighted by Crippen LogP contribution is 2.25. The molecule has 1 heterocycles. The van der Waals surface area contributed by atoms with Gasteiger partial charge in [-0.2, -0.15) is 0 Å². The Labute approximate surface area is 114 Å². The van der Waals surface area contributed by atoms with Crippen LogP contribution in [0.3, 0.4) is 0 Å². The molecule has 0 aliphatic carbocycles. The lowest BCUT2D eigenvalue weighted by Gasteiger charge is -2.26. The van der Waals surface area contributed by atoms with Gasteiger partial charge in [0.2, 0.25) is 5.91 Å². The molecule has 0 spiro atoms. The van der Waals surface area contributed by atoms with Crippen LogP contribution < -0.4 is 15.8 Å². The summed E-state index contributed by atoms with van der Waals surface area (Å²) < 4.78 is 5.71. The number of nitrogens with two attached hydrogens (primary N) is 1. The van der Waals surface area contributed by atoms with Gasteiger partial charge in [-0.1, -0.05) is 19.8 Å². The minimum absolute atomic E-state index is 0.326. The van der Waals surface area contributed by atoms with Crippen LogP contribution in [0.2, 0.25) is 0 Å². The third-order valence-corrected chi connectivity index (χ3v) is 3.46. The van der Waals surface area contributed by atoms with E-state index in [9.17, 15) is 4.79 Å². The Morgan fingerprint density at radius 1 is 1.47 bits per heavy atom. The first-order valence-corrected chi connectivity index (χ1v) is 6.99. The smallest absolute Gasteiger partial charge is 0.248 e. The number of fused-ring (bicyclic) bond motifs is 1. The van der Waals surface area contributed by atoms with Gasteiger partial charge in [0.05, 0.1) is 0 Å². The molecule has 0 radical (unpaired) electrons. The van der Waals surface area contributed by atoms with Gasteiger partial charge in [0.1, 0.15) is 12.4 Å². The highest BCUT2D eigenvalue weighted by molar-refractivity contribution is 5.93. The summed E-state index contributed by atoms with van der Waals surface area (Å²) in [6, 6.07) is 5.73. The average molecular weight is 262 g/mol. The van der Waals surface area contributed by atoms with Gasteiger partial charge in [0, 0.05) is 11.6 Å². The number of rotatable bonds is 6. The first-order valence-electron chi connectivity index (χ1n) is 6.99. The predicted octanol–water partition coefficient (Wildman–Crippen LogP) is 1.87. The second-order valence-corrected chi connectivity index (χ2v) is 5.06. The number of amides is 1. The van der Waals surface area contributed by atoms with Crippen molar-refractivity contribution in [2.75, 3.05) is 13.2 Å². The average Bonchev–Trinajstić information content (AvgIpc) is 2.42. The highest BCUT2D eigenvalue weighted by Gasteiger charge is 2.20. The Balaban J connectivity index is 1.94. The van der Waals surface area contributed by atoms with Crippen LogP contribution in [0.5, 0.6) is 5.75 Å². The molecule has 4 nitrogen and oxygen atoms in total. The third kappa shape index (κ3) is 3.70. The number of benzene rings is 1. The minimum Gasteiger partial charge on any atom is -0.492 e. The topological polar surface area (TPSA) is 64.3 Å². The number of primary amides is 1. The molecule has 0 bridgehead atoms. The molecule has 4 heteroatoms. The maximum absolute atomic E-state index is 11.2. The van der Waals surface area contributed by atoms with Crippen molar-refractivity contribution in [1.82, 2.24) is 5.32 Å². The molecule has 0 fully saturated rings. The normalized spacial score (nSPS) is 17.6. The molecule has 0 unspecified atom stereocenters. The van der Waals surface area contributed by atoms with Crippen molar-refractivity contribution in [3.8, 4) is 5.75 Å². The summed E-state index contributed by atoms with van der Waals surface area (Å²) in [6.07, 6.45) is 4.57. The predicted molar refractivity (Wildman–Crippen MR) is 75.5 cm³/mol. The Kier molecular flexibility index (Phi) is 4.80. The Morgan fingerprint density at radius 3 is 3.05 bits per heavy atom. The minimum atomic E-state index is -0.388. The quantitative estimate of drug-likeness (QED) is 0.769. The van der Waals surface area contributed by atoms with Crippen LogP contribution in [0.15, 0.2) is 18.2 Å². The van der Waals surface area contributed by atoms with Crippen LogP contribution in [-0.4, -0.2) is 25.1 Å². The van der Waals surface area contributed by atoms with Crippen molar-refractivity contribution < 1.29 is 9.53 Å². The summed E-state index contributed by atoms with van der Waals surface area (Å²) in [4.78, 5) is 11.2. The lowest BCUT2D eigenvalue weighted by Crippen LogP contribution is -2.39. The van der Waals surface area contributed by atoms with E-state index in [1.807, 2.05) is 12.1 Å². The SMILES string of the molecule is CCCCCN[C@@H]1COc2ccc(C(N)=O)cc2C1. The van der Waals surface area contributed by atoms with Crippen molar-refractivity contribution in [2.45, 2.75) is 38.6 Å². The molecule has 3 N–H and O–H groups in total. The molecule has 0 aromatic heterocycles. The molecule has 0 saturated heterocycles. The number of unbranched alkanes of at least 4 members (excludes halogenated alkanes) is 2. The van der Waals surface area contributed by atoms with Crippen LogP contribution in [0.1, 0.15) is 42.1 Å². The van der Waals surface area contributed by atoms with Gasteiger partial charge in [-0.15, -0.1) is 0 Å². The second-order valence-electron chi connectivity index (χ2n) is 5.06. The fourth-order valence-electron chi connectivity index (χ4n) is 2.36. The molecule has 2 rings (SSSR count). The van der Waals surface area contributed by atoms with E-state index in [-0.39, 0.29) is 5.91 Å². The lowest BCUT2D eigenvalue weighted by molar-refractivity contribution is 0.1000. The van der Waals surface area contributed by atoms with Gasteiger partial charge >= 0.3 is 0 Å². The summed E-state index contributed by atoms with van der Waals surface area (Å²) in [7, 11) is 0. The number of ether oxygens (including phenoxy) is 1. The van der Waals surface area contributed by atoms with E-state index in [0.29, 0.717) is 18.2 Å². The highest BCUT2D eigenvalue weighted by atomic mass is 16.5. The van der Waals surface area contributed by atoms with Crippen molar-refractivity contribution in [1.29, 1.82) is 0 Å². The lowest BCUT2D eigenvalue weighted by atomic mass is 10.00. The number of hydrogen-bond donors (Lipinski definition) is 2. The molecule has 1 aliphatic rings. The Morgan fingerprint density at radius 2 is 2.32 bits per heavy atom. The van der Waals surface area contributed by atoms with E-state index in [1.165, 1.54) is 19.3 Å². The Bertz CT molecular complexity index is 446. The largest absolute Gasteiger partial charge is 0.492 e. The monoisotopic (exact) mass is 262 g/mol. The number of carbonyl (C=O) groups excluding carboxylic acids is 1. The van der Waals surface area contributed by atoms with E-state index in [4.69, 9.17) is 10.5 Å². The van der Waals surface area contributed by atoms with Crippen LogP contribution >= 0.6 is 0 Å². The van der Waals surface area contributed by atoms with E-state index >= 15 is 0 Å². The van der Waals surface area contributed by atoms with Gasteiger partial charge in [0.15, 0.2) is 0 Å². The van der Waals surface area contributed by atoms with E-state index in [0.717, 1.165) is 24.3 Å². The first-order chi connectivity index (χ1) is 9.20. The third-order valence-electron chi connectivity index (χ3n) is 3.46. The molecule has 1 atom stereocenters. The van der Waals surface area contributed by atoms with Crippen LogP contribution in [0.4, 0.5) is 0 Å². The number of carbonyl (C=O) groups is 1. The number of nitrogens with one attached hydrogen (secondary N) is 1. The molecule has 1 aromatic rings. The van der Waals surface area contributed by atoms with Gasteiger partial charge in [0.25, 0.3) is 0 Å². The van der Waals surface area contributed by atoms with E-state index in [2.05, 4.69) is 12.2 Å². The number of hydrogen-bond acceptors (Lipinski definition) is 3. The molecule has 19 heavy (non-hydrogen) atoms. The zero-order chi connectivity index (χ0) is 13.7. The van der Waals surface area contributed by atoms with Crippen LogP contribution in [-0.2, 0) is 6.42 Å². The van der Waals surface area contributed by atoms with Crippen LogP contribution in [0, 0.1) is 0 Å². The molecular formula is C15H22N2O2. The first kappa shape index (κ1) is 13.9.